The number of benzene rings is 1. The Bertz CT molecular complexity index is 700. The summed E-state index contributed by atoms with van der Waals surface area (Å²) in [5, 5.41) is 7.70. The average molecular weight is 350 g/mol. The van der Waals surface area contributed by atoms with Gasteiger partial charge >= 0.3 is 0 Å². The van der Waals surface area contributed by atoms with Crippen LogP contribution in [-0.2, 0) is 16.1 Å². The molecule has 0 saturated carbocycles. The normalized spacial score (nSPS) is 10.7. The third kappa shape index (κ3) is 6.05. The molecule has 2 amide bonds. The van der Waals surface area contributed by atoms with Crippen LogP contribution in [0, 0.1) is 5.82 Å². The van der Waals surface area contributed by atoms with Crippen molar-refractivity contribution < 1.29 is 14.0 Å². The van der Waals surface area contributed by atoms with Gasteiger partial charge in [-0.1, -0.05) is 0 Å². The molecule has 0 unspecified atom stereocenters. The van der Waals surface area contributed by atoms with Gasteiger partial charge in [-0.05, 0) is 38.4 Å². The van der Waals surface area contributed by atoms with Crippen LogP contribution >= 0.6 is 11.3 Å². The van der Waals surface area contributed by atoms with Crippen LogP contribution in [-0.4, -0.2) is 35.8 Å². The van der Waals surface area contributed by atoms with Crippen LogP contribution in [0.15, 0.2) is 29.6 Å². The van der Waals surface area contributed by atoms with E-state index in [4.69, 9.17) is 0 Å². The molecule has 1 aromatic heterocycles. The van der Waals surface area contributed by atoms with Crippen molar-refractivity contribution in [1.82, 2.24) is 9.88 Å². The second-order valence-electron chi connectivity index (χ2n) is 5.49. The van der Waals surface area contributed by atoms with E-state index in [1.807, 2.05) is 24.4 Å². The Morgan fingerprint density at radius 3 is 2.38 bits per heavy atom. The highest BCUT2D eigenvalue weighted by Crippen LogP contribution is 2.16. The van der Waals surface area contributed by atoms with Crippen molar-refractivity contribution >= 4 is 34.0 Å². The first kappa shape index (κ1) is 18.0. The predicted molar refractivity (Wildman–Crippen MR) is 92.4 cm³/mol. The van der Waals surface area contributed by atoms with E-state index < -0.39 is 0 Å². The predicted octanol–water partition coefficient (Wildman–Crippen LogP) is 2.70. The number of carbonyl (C=O) groups is 2. The molecule has 0 saturated heterocycles. The maximum absolute atomic E-state index is 12.8. The molecule has 1 aromatic carbocycles. The lowest BCUT2D eigenvalue weighted by Crippen LogP contribution is -2.17. The fraction of sp³-hybridized carbons (Fsp3) is 0.312. The van der Waals surface area contributed by atoms with Crippen molar-refractivity contribution in [2.45, 2.75) is 19.4 Å². The summed E-state index contributed by atoms with van der Waals surface area (Å²) in [7, 11) is 3.88. The zero-order valence-electron chi connectivity index (χ0n) is 13.5. The minimum Gasteiger partial charge on any atom is -0.326 e. The number of anilines is 2. The molecule has 24 heavy (non-hydrogen) atoms. The molecule has 128 valence electrons. The number of halogens is 1. The summed E-state index contributed by atoms with van der Waals surface area (Å²) in [5.41, 5.74) is 1.38. The van der Waals surface area contributed by atoms with Crippen molar-refractivity contribution in [2.24, 2.45) is 0 Å². The molecule has 0 fully saturated rings. The quantitative estimate of drug-likeness (QED) is 0.805. The second kappa shape index (κ2) is 8.51. The summed E-state index contributed by atoms with van der Waals surface area (Å²) in [6, 6.07) is 5.45. The van der Waals surface area contributed by atoms with E-state index in [1.165, 1.54) is 35.6 Å². The van der Waals surface area contributed by atoms with E-state index in [2.05, 4.69) is 15.6 Å². The summed E-state index contributed by atoms with van der Waals surface area (Å²) < 4.78 is 12.8. The number of aromatic nitrogens is 1. The number of thiazole rings is 1. The lowest BCUT2D eigenvalue weighted by Gasteiger charge is -2.06. The van der Waals surface area contributed by atoms with Gasteiger partial charge in [-0.25, -0.2) is 9.37 Å². The molecule has 0 spiro atoms. The topological polar surface area (TPSA) is 74.3 Å². The summed E-state index contributed by atoms with van der Waals surface area (Å²) in [5.74, 6) is -0.941. The van der Waals surface area contributed by atoms with Gasteiger partial charge in [0.2, 0.25) is 11.8 Å². The summed E-state index contributed by atoms with van der Waals surface area (Å²) in [6.45, 7) is 0.701. The highest BCUT2D eigenvalue weighted by atomic mass is 32.1. The number of rotatable bonds is 7. The highest BCUT2D eigenvalue weighted by molar-refractivity contribution is 7.13. The fourth-order valence-corrected chi connectivity index (χ4v) is 2.64. The van der Waals surface area contributed by atoms with Crippen molar-refractivity contribution in [1.29, 1.82) is 0 Å². The Balaban J connectivity index is 1.75. The van der Waals surface area contributed by atoms with Crippen LogP contribution in [0.5, 0.6) is 0 Å². The molecule has 0 aliphatic carbocycles. The van der Waals surface area contributed by atoms with Gasteiger partial charge in [0, 0.05) is 30.5 Å². The fourth-order valence-electron chi connectivity index (χ4n) is 1.93. The summed E-state index contributed by atoms with van der Waals surface area (Å²) in [6.07, 6.45) is 0.0920. The van der Waals surface area contributed by atoms with Crippen LogP contribution < -0.4 is 10.6 Å². The van der Waals surface area contributed by atoms with Crippen molar-refractivity contribution in [3.05, 3.63) is 41.2 Å². The van der Waals surface area contributed by atoms with Gasteiger partial charge in [-0.3, -0.25) is 9.59 Å². The number of hydrogen-bond acceptors (Lipinski definition) is 5. The number of hydrogen-bond donors (Lipinski definition) is 2. The Kier molecular flexibility index (Phi) is 6.39. The largest absolute Gasteiger partial charge is 0.326 e. The lowest BCUT2D eigenvalue weighted by molar-refractivity contribution is -0.121. The van der Waals surface area contributed by atoms with E-state index in [-0.39, 0.29) is 30.5 Å². The lowest BCUT2D eigenvalue weighted by atomic mass is 10.2. The number of amides is 2. The minimum atomic E-state index is -0.371. The van der Waals surface area contributed by atoms with E-state index in [1.54, 1.807) is 0 Å². The molecule has 0 bridgehead atoms. The first-order valence-electron chi connectivity index (χ1n) is 7.37. The SMILES string of the molecule is CN(C)Cc1csc(NC(=O)CCC(=O)Nc2ccc(F)cc2)n1. The van der Waals surface area contributed by atoms with Gasteiger partial charge in [0.1, 0.15) is 5.82 Å². The van der Waals surface area contributed by atoms with E-state index in [0.717, 1.165) is 5.69 Å². The van der Waals surface area contributed by atoms with Crippen LogP contribution in [0.25, 0.3) is 0 Å². The van der Waals surface area contributed by atoms with E-state index in [9.17, 15) is 14.0 Å². The first-order chi connectivity index (χ1) is 11.4. The molecule has 1 heterocycles. The molecule has 0 atom stereocenters. The monoisotopic (exact) mass is 350 g/mol. The molecular formula is C16H19FN4O2S. The number of carbonyl (C=O) groups excluding carboxylic acids is 2. The summed E-state index contributed by atoms with van der Waals surface area (Å²) >= 11 is 1.35. The molecule has 6 nitrogen and oxygen atoms in total. The van der Waals surface area contributed by atoms with Crippen molar-refractivity contribution in [3.8, 4) is 0 Å². The van der Waals surface area contributed by atoms with Crippen LogP contribution in [0.2, 0.25) is 0 Å². The zero-order chi connectivity index (χ0) is 17.5. The Hall–Kier alpha value is -2.32. The van der Waals surface area contributed by atoms with Crippen LogP contribution in [0.4, 0.5) is 15.2 Å². The Labute approximate surface area is 143 Å². The number of nitrogens with zero attached hydrogens (tertiary/aromatic N) is 2. The van der Waals surface area contributed by atoms with Crippen LogP contribution in [0.1, 0.15) is 18.5 Å². The molecule has 0 radical (unpaired) electrons. The summed E-state index contributed by atoms with van der Waals surface area (Å²) in [4.78, 5) is 29.9. The van der Waals surface area contributed by atoms with E-state index in [0.29, 0.717) is 17.4 Å². The molecule has 8 heteroatoms. The molecule has 0 aliphatic rings. The van der Waals surface area contributed by atoms with Gasteiger partial charge < -0.3 is 15.5 Å². The maximum atomic E-state index is 12.8. The first-order valence-corrected chi connectivity index (χ1v) is 8.25. The van der Waals surface area contributed by atoms with Gasteiger partial charge in [0.25, 0.3) is 0 Å². The molecule has 2 N–H and O–H groups in total. The zero-order valence-corrected chi connectivity index (χ0v) is 14.3. The van der Waals surface area contributed by atoms with Crippen molar-refractivity contribution in [3.63, 3.8) is 0 Å². The second-order valence-corrected chi connectivity index (χ2v) is 6.34. The molecule has 2 rings (SSSR count). The molecule has 0 aliphatic heterocycles. The third-order valence-electron chi connectivity index (χ3n) is 2.98. The average Bonchev–Trinajstić information content (AvgIpc) is 2.94. The Morgan fingerprint density at radius 2 is 1.75 bits per heavy atom. The van der Waals surface area contributed by atoms with Crippen molar-refractivity contribution in [2.75, 3.05) is 24.7 Å². The number of nitrogens with one attached hydrogen (secondary N) is 2. The van der Waals surface area contributed by atoms with Gasteiger partial charge in [0.05, 0.1) is 5.69 Å². The molecular weight excluding hydrogens is 331 g/mol. The van der Waals surface area contributed by atoms with Crippen LogP contribution in [0.3, 0.4) is 0 Å². The highest BCUT2D eigenvalue weighted by Gasteiger charge is 2.10. The molecule has 2 aromatic rings. The van der Waals surface area contributed by atoms with Gasteiger partial charge in [0.15, 0.2) is 5.13 Å². The maximum Gasteiger partial charge on any atom is 0.226 e. The standard InChI is InChI=1S/C16H19FN4O2S/c1-21(2)9-13-10-24-16(19-13)20-15(23)8-7-14(22)18-12-5-3-11(17)4-6-12/h3-6,10H,7-9H2,1-2H3,(H,18,22)(H,19,20,23). The smallest absolute Gasteiger partial charge is 0.226 e. The minimum absolute atomic E-state index is 0.0408. The van der Waals surface area contributed by atoms with Gasteiger partial charge in [-0.2, -0.15) is 0 Å². The third-order valence-corrected chi connectivity index (χ3v) is 3.79. The van der Waals surface area contributed by atoms with E-state index >= 15 is 0 Å². The van der Waals surface area contributed by atoms with Gasteiger partial charge in [-0.15, -0.1) is 11.3 Å². The Morgan fingerprint density at radius 1 is 1.12 bits per heavy atom.